The molecule has 26 heavy (non-hydrogen) atoms. The van der Waals surface area contributed by atoms with E-state index in [4.69, 9.17) is 0 Å². The van der Waals surface area contributed by atoms with Gasteiger partial charge in [0.1, 0.15) is 4.90 Å². The number of halogens is 5. The normalized spacial score (nSPS) is 21.0. The first-order chi connectivity index (χ1) is 12.0. The van der Waals surface area contributed by atoms with Crippen LogP contribution in [0, 0.1) is 5.92 Å². The van der Waals surface area contributed by atoms with Gasteiger partial charge in [-0.2, -0.15) is 0 Å². The second kappa shape index (κ2) is 7.53. The Balaban J connectivity index is 1.86. The average Bonchev–Trinajstić information content (AvgIpc) is 2.57. The van der Waals surface area contributed by atoms with E-state index in [0.717, 1.165) is 24.8 Å². The SMILES string of the molecule is CCCCCCCCC1CC=C(c2ccc(S(F)(F)(F)(F)F)cc2)CC1. The summed E-state index contributed by atoms with van der Waals surface area (Å²) in [7, 11) is -9.57. The van der Waals surface area contributed by atoms with E-state index < -0.39 is 15.1 Å². The average molecular weight is 397 g/mol. The van der Waals surface area contributed by atoms with Crippen molar-refractivity contribution < 1.29 is 19.4 Å². The zero-order chi connectivity index (χ0) is 19.3. The molecule has 0 spiro atoms. The molecule has 0 heterocycles. The minimum absolute atomic E-state index is 0.514. The highest BCUT2D eigenvalue weighted by Gasteiger charge is 2.65. The van der Waals surface area contributed by atoms with Crippen LogP contribution in [0.25, 0.3) is 5.57 Å². The van der Waals surface area contributed by atoms with E-state index in [9.17, 15) is 19.4 Å². The zero-order valence-corrected chi connectivity index (χ0v) is 16.1. The molecule has 2 rings (SSSR count). The van der Waals surface area contributed by atoms with Gasteiger partial charge in [0, 0.05) is 0 Å². The number of benzene rings is 1. The monoisotopic (exact) mass is 396 g/mol. The van der Waals surface area contributed by atoms with Crippen molar-refractivity contribution in [2.75, 3.05) is 0 Å². The van der Waals surface area contributed by atoms with E-state index in [1.54, 1.807) is 0 Å². The number of hydrogen-bond donors (Lipinski definition) is 0. The fourth-order valence-electron chi connectivity index (χ4n) is 3.55. The molecule has 1 unspecified atom stereocenters. The standard InChI is InChI=1S/C20H29F5S/c1-2-3-4-5-6-7-8-17-9-11-18(12-10-17)19-13-15-20(16-14-19)26(21,22,23,24)25/h11,13-17H,2-10,12H2,1H3. The maximum Gasteiger partial charge on any atom is 0.310 e. The second-order valence-corrected chi connectivity index (χ2v) is 9.83. The molecule has 0 aliphatic heterocycles. The van der Waals surface area contributed by atoms with Crippen LogP contribution in [0.15, 0.2) is 35.2 Å². The molecule has 0 fully saturated rings. The molecular formula is C20H29F5S. The first-order valence-corrected chi connectivity index (χ1v) is 11.5. The Hall–Kier alpha value is -1.04. The van der Waals surface area contributed by atoms with E-state index in [1.165, 1.54) is 57.1 Å². The number of rotatable bonds is 9. The molecule has 1 aliphatic carbocycles. The van der Waals surface area contributed by atoms with Gasteiger partial charge >= 0.3 is 10.2 Å². The summed E-state index contributed by atoms with van der Waals surface area (Å²) in [5, 5.41) is 0. The van der Waals surface area contributed by atoms with Gasteiger partial charge in [-0.3, -0.25) is 0 Å². The maximum atomic E-state index is 12.8. The summed E-state index contributed by atoms with van der Waals surface area (Å²) in [6, 6.07) is 3.38. The Morgan fingerprint density at radius 1 is 0.885 bits per heavy atom. The topological polar surface area (TPSA) is 0 Å². The van der Waals surface area contributed by atoms with Crippen molar-refractivity contribution in [3.63, 3.8) is 0 Å². The lowest BCUT2D eigenvalue weighted by Crippen LogP contribution is -2.07. The lowest BCUT2D eigenvalue weighted by atomic mass is 9.84. The van der Waals surface area contributed by atoms with Crippen molar-refractivity contribution >= 4 is 15.8 Å². The van der Waals surface area contributed by atoms with E-state index in [1.807, 2.05) is 0 Å². The fraction of sp³-hybridized carbons (Fsp3) is 0.600. The minimum atomic E-state index is -9.57. The Morgan fingerprint density at radius 2 is 1.50 bits per heavy atom. The van der Waals surface area contributed by atoms with Crippen molar-refractivity contribution in [1.29, 1.82) is 0 Å². The molecule has 0 nitrogen and oxygen atoms in total. The van der Waals surface area contributed by atoms with Crippen LogP contribution >= 0.6 is 10.2 Å². The van der Waals surface area contributed by atoms with Crippen molar-refractivity contribution in [2.24, 2.45) is 5.92 Å². The molecule has 1 aliphatic rings. The highest BCUT2D eigenvalue weighted by molar-refractivity contribution is 8.45. The quantitative estimate of drug-likeness (QED) is 0.288. The molecule has 6 heteroatoms. The summed E-state index contributed by atoms with van der Waals surface area (Å²) in [5.41, 5.74) is 1.59. The largest absolute Gasteiger partial charge is 0.310 e. The Bertz CT molecular complexity index is 616. The summed E-state index contributed by atoms with van der Waals surface area (Å²) in [5.74, 6) is 0.633. The van der Waals surface area contributed by atoms with Gasteiger partial charge in [-0.05, 0) is 48.4 Å². The van der Waals surface area contributed by atoms with Crippen molar-refractivity contribution in [2.45, 2.75) is 76.0 Å². The highest BCUT2D eigenvalue weighted by Crippen LogP contribution is 3.02. The molecule has 0 aromatic heterocycles. The van der Waals surface area contributed by atoms with Crippen LogP contribution in [0.2, 0.25) is 0 Å². The van der Waals surface area contributed by atoms with Gasteiger partial charge < -0.3 is 0 Å². The summed E-state index contributed by atoms with van der Waals surface area (Å²) >= 11 is 0. The molecule has 0 N–H and O–H groups in total. The van der Waals surface area contributed by atoms with Gasteiger partial charge in [0.2, 0.25) is 0 Å². The second-order valence-electron chi connectivity index (χ2n) is 7.42. The van der Waals surface area contributed by atoms with E-state index in [0.29, 0.717) is 23.6 Å². The summed E-state index contributed by atoms with van der Waals surface area (Å²) < 4.78 is 63.9. The number of allylic oxidation sites excluding steroid dienone is 2. The van der Waals surface area contributed by atoms with Crippen LogP contribution in [0.1, 0.15) is 76.7 Å². The lowest BCUT2D eigenvalue weighted by Gasteiger charge is -2.40. The molecule has 0 bridgehead atoms. The van der Waals surface area contributed by atoms with Crippen LogP contribution < -0.4 is 0 Å². The van der Waals surface area contributed by atoms with Gasteiger partial charge in [-0.15, -0.1) is 0 Å². The molecule has 0 radical (unpaired) electrons. The zero-order valence-electron chi connectivity index (χ0n) is 15.3. The van der Waals surface area contributed by atoms with Gasteiger partial charge in [-0.25, -0.2) is 0 Å². The van der Waals surface area contributed by atoms with Crippen molar-refractivity contribution in [1.82, 2.24) is 0 Å². The number of hydrogen-bond acceptors (Lipinski definition) is 0. The number of unbranched alkanes of at least 4 members (excludes halogenated alkanes) is 5. The molecule has 150 valence electrons. The van der Waals surface area contributed by atoms with Crippen LogP contribution in [0.4, 0.5) is 19.4 Å². The Kier molecular flexibility index (Phi) is 6.16. The molecule has 1 aromatic rings. The summed E-state index contributed by atoms with van der Waals surface area (Å²) in [6.45, 7) is 2.20. The molecule has 0 saturated heterocycles. The first kappa shape index (κ1) is 21.3. The van der Waals surface area contributed by atoms with Gasteiger partial charge in [0.25, 0.3) is 0 Å². The molecule has 0 saturated carbocycles. The third kappa shape index (κ3) is 6.60. The summed E-state index contributed by atoms with van der Waals surface area (Å²) in [6.07, 6.45) is 13.7. The third-order valence-corrected chi connectivity index (χ3v) is 6.32. The van der Waals surface area contributed by atoms with Crippen LogP contribution in [0.5, 0.6) is 0 Å². The van der Waals surface area contributed by atoms with Gasteiger partial charge in [0.05, 0.1) is 0 Å². The highest BCUT2D eigenvalue weighted by atomic mass is 32.5. The van der Waals surface area contributed by atoms with Crippen molar-refractivity contribution in [3.05, 3.63) is 35.9 Å². The molecule has 1 atom stereocenters. The smallest absolute Gasteiger partial charge is 0.0936 e. The van der Waals surface area contributed by atoms with E-state index in [-0.39, 0.29) is 0 Å². The minimum Gasteiger partial charge on any atom is -0.0936 e. The van der Waals surface area contributed by atoms with Crippen molar-refractivity contribution in [3.8, 4) is 0 Å². The van der Waals surface area contributed by atoms with E-state index >= 15 is 0 Å². The van der Waals surface area contributed by atoms with Gasteiger partial charge in [0.15, 0.2) is 0 Å². The Morgan fingerprint density at radius 3 is 2.04 bits per heavy atom. The summed E-state index contributed by atoms with van der Waals surface area (Å²) in [4.78, 5) is -1.81. The molecular weight excluding hydrogens is 367 g/mol. The first-order valence-electron chi connectivity index (χ1n) is 9.53. The predicted octanol–water partition coefficient (Wildman–Crippen LogP) is 9.28. The van der Waals surface area contributed by atoms with Crippen LogP contribution in [-0.4, -0.2) is 0 Å². The van der Waals surface area contributed by atoms with E-state index in [2.05, 4.69) is 13.0 Å². The lowest BCUT2D eigenvalue weighted by molar-refractivity contribution is 0.364. The molecule has 0 amide bonds. The molecule has 1 aromatic carbocycles. The fourth-order valence-corrected chi connectivity index (χ4v) is 4.20. The Labute approximate surface area is 153 Å². The maximum absolute atomic E-state index is 12.8. The third-order valence-electron chi connectivity index (χ3n) is 5.16. The predicted molar refractivity (Wildman–Crippen MR) is 101 cm³/mol. The van der Waals surface area contributed by atoms with Crippen LogP contribution in [0.3, 0.4) is 0 Å². The van der Waals surface area contributed by atoms with Crippen LogP contribution in [-0.2, 0) is 0 Å². The van der Waals surface area contributed by atoms with Gasteiger partial charge in [-0.1, -0.05) is 89.5 Å².